The minimum absolute atomic E-state index is 0.0419. The number of benzene rings is 1. The van der Waals surface area contributed by atoms with Crippen LogP contribution in [0.4, 0.5) is 5.69 Å². The summed E-state index contributed by atoms with van der Waals surface area (Å²) in [5.74, 6) is 0.519. The van der Waals surface area contributed by atoms with Crippen molar-refractivity contribution in [2.24, 2.45) is 0 Å². The average molecular weight is 423 g/mol. The van der Waals surface area contributed by atoms with E-state index in [4.69, 9.17) is 4.98 Å². The Hall–Kier alpha value is -3.13. The molecule has 1 fully saturated rings. The summed E-state index contributed by atoms with van der Waals surface area (Å²) in [6, 6.07) is 10.0. The van der Waals surface area contributed by atoms with Crippen LogP contribution in [0.1, 0.15) is 53.1 Å². The number of carbonyl (C=O) groups excluding carboxylic acids is 1. The molecule has 0 aliphatic heterocycles. The van der Waals surface area contributed by atoms with Crippen molar-refractivity contribution in [3.05, 3.63) is 86.1 Å². The van der Waals surface area contributed by atoms with Gasteiger partial charge in [-0.3, -0.25) is 19.9 Å². The first kappa shape index (κ1) is 20.2. The van der Waals surface area contributed by atoms with E-state index in [2.05, 4.69) is 10.3 Å². The highest BCUT2D eigenvalue weighted by Gasteiger charge is 2.28. The number of rotatable bonds is 9. The minimum atomic E-state index is -0.412. The van der Waals surface area contributed by atoms with E-state index in [0.29, 0.717) is 25.2 Å². The lowest BCUT2D eigenvalue weighted by molar-refractivity contribution is -0.384. The molecule has 2 heterocycles. The minimum Gasteiger partial charge on any atom is -0.347 e. The molecule has 1 aromatic carbocycles. The van der Waals surface area contributed by atoms with E-state index in [1.807, 2.05) is 17.5 Å². The third kappa shape index (κ3) is 5.27. The molecule has 1 aliphatic rings. The van der Waals surface area contributed by atoms with Gasteiger partial charge in [-0.1, -0.05) is 12.1 Å². The van der Waals surface area contributed by atoms with Crippen LogP contribution in [0.15, 0.2) is 54.2 Å². The van der Waals surface area contributed by atoms with Crippen molar-refractivity contribution < 1.29 is 9.72 Å². The first-order chi connectivity index (χ1) is 14.6. The van der Waals surface area contributed by atoms with Crippen LogP contribution in [-0.2, 0) is 17.6 Å². The van der Waals surface area contributed by atoms with Crippen LogP contribution in [0.25, 0.3) is 0 Å². The van der Waals surface area contributed by atoms with Crippen LogP contribution in [0, 0.1) is 10.1 Å². The molecular weight excluding hydrogens is 400 g/mol. The Bertz CT molecular complexity index is 1020. The van der Waals surface area contributed by atoms with Gasteiger partial charge in [0, 0.05) is 42.2 Å². The number of nitrogens with zero attached hydrogens (tertiary/aromatic N) is 3. The molecule has 0 bridgehead atoms. The number of thiazole rings is 1. The highest BCUT2D eigenvalue weighted by Crippen LogP contribution is 2.42. The third-order valence-electron chi connectivity index (χ3n) is 5.14. The van der Waals surface area contributed by atoms with Gasteiger partial charge in [0.05, 0.1) is 21.7 Å². The van der Waals surface area contributed by atoms with Gasteiger partial charge in [-0.25, -0.2) is 4.98 Å². The largest absolute Gasteiger partial charge is 0.347 e. The van der Waals surface area contributed by atoms with E-state index in [0.717, 1.165) is 21.8 Å². The van der Waals surface area contributed by atoms with Gasteiger partial charge in [0.15, 0.2) is 0 Å². The summed E-state index contributed by atoms with van der Waals surface area (Å²) in [4.78, 5) is 31.9. The van der Waals surface area contributed by atoms with Gasteiger partial charge >= 0.3 is 0 Å². The molecule has 7 nitrogen and oxygen atoms in total. The Morgan fingerprint density at radius 2 is 1.90 bits per heavy atom. The fraction of sp³-hybridized carbons (Fsp3) is 0.318. The Balaban J connectivity index is 1.46. The van der Waals surface area contributed by atoms with Gasteiger partial charge in [-0.05, 0) is 48.9 Å². The molecule has 1 aliphatic carbocycles. The maximum absolute atomic E-state index is 12.6. The van der Waals surface area contributed by atoms with E-state index in [-0.39, 0.29) is 17.6 Å². The molecule has 3 aromatic rings. The SMILES string of the molecule is O=C(CCc1ccncc1)N[C@@H](Cc1ccc([N+](=O)[O-])cc1)c1csc(C2CC2)n1. The highest BCUT2D eigenvalue weighted by molar-refractivity contribution is 7.09. The zero-order chi connectivity index (χ0) is 20.9. The number of carbonyl (C=O) groups is 1. The first-order valence-electron chi connectivity index (χ1n) is 9.95. The van der Waals surface area contributed by atoms with Gasteiger partial charge in [-0.2, -0.15) is 0 Å². The Morgan fingerprint density at radius 1 is 1.17 bits per heavy atom. The van der Waals surface area contributed by atoms with Crippen molar-refractivity contribution in [3.63, 3.8) is 0 Å². The molecule has 30 heavy (non-hydrogen) atoms. The Labute approximate surface area is 178 Å². The van der Waals surface area contributed by atoms with Crippen molar-refractivity contribution in [1.82, 2.24) is 15.3 Å². The summed E-state index contributed by atoms with van der Waals surface area (Å²) >= 11 is 1.64. The molecule has 0 saturated heterocycles. The van der Waals surface area contributed by atoms with Crippen molar-refractivity contribution in [2.75, 3.05) is 0 Å². The van der Waals surface area contributed by atoms with Crippen molar-refractivity contribution in [2.45, 2.75) is 44.1 Å². The lowest BCUT2D eigenvalue weighted by atomic mass is 10.0. The van der Waals surface area contributed by atoms with Gasteiger partial charge in [-0.15, -0.1) is 11.3 Å². The average Bonchev–Trinajstić information content (AvgIpc) is 3.49. The first-order valence-corrected chi connectivity index (χ1v) is 10.8. The number of hydrogen-bond donors (Lipinski definition) is 1. The number of nitro benzene ring substituents is 1. The zero-order valence-corrected chi connectivity index (χ0v) is 17.2. The van der Waals surface area contributed by atoms with Crippen LogP contribution in [0.5, 0.6) is 0 Å². The topological polar surface area (TPSA) is 98.0 Å². The fourth-order valence-corrected chi connectivity index (χ4v) is 4.32. The highest BCUT2D eigenvalue weighted by atomic mass is 32.1. The molecule has 1 amide bonds. The fourth-order valence-electron chi connectivity index (χ4n) is 3.27. The number of pyridine rings is 1. The van der Waals surface area contributed by atoms with E-state index < -0.39 is 4.92 Å². The summed E-state index contributed by atoms with van der Waals surface area (Å²) in [5, 5.41) is 17.2. The second kappa shape index (κ2) is 9.13. The summed E-state index contributed by atoms with van der Waals surface area (Å²) in [6.45, 7) is 0. The lowest BCUT2D eigenvalue weighted by Crippen LogP contribution is -2.30. The van der Waals surface area contributed by atoms with Crippen LogP contribution in [0.2, 0.25) is 0 Å². The molecule has 1 N–H and O–H groups in total. The molecular formula is C22H22N4O3S. The molecule has 0 unspecified atom stereocenters. The van der Waals surface area contributed by atoms with Crippen LogP contribution < -0.4 is 5.32 Å². The standard InChI is InChI=1S/C22H22N4O3S/c27-21(8-3-15-9-11-23-12-10-15)24-19(20-14-30-22(25-20)17-4-5-17)13-16-1-6-18(7-2-16)26(28)29/h1-2,6-7,9-12,14,17,19H,3-5,8,13H2,(H,24,27)/t19-/m0/s1. The molecule has 4 rings (SSSR count). The molecule has 8 heteroatoms. The molecule has 1 atom stereocenters. The van der Waals surface area contributed by atoms with Gasteiger partial charge in [0.1, 0.15) is 0 Å². The normalized spacial score (nSPS) is 14.3. The van der Waals surface area contributed by atoms with E-state index in [1.54, 1.807) is 35.9 Å². The summed E-state index contributed by atoms with van der Waals surface area (Å²) < 4.78 is 0. The van der Waals surface area contributed by atoms with E-state index in [1.165, 1.54) is 25.0 Å². The number of nitrogens with one attached hydrogen (secondary N) is 1. The van der Waals surface area contributed by atoms with Crippen LogP contribution >= 0.6 is 11.3 Å². The number of hydrogen-bond acceptors (Lipinski definition) is 6. The number of aromatic nitrogens is 2. The molecule has 2 aromatic heterocycles. The monoisotopic (exact) mass is 422 g/mol. The molecule has 0 radical (unpaired) electrons. The third-order valence-corrected chi connectivity index (χ3v) is 6.16. The van der Waals surface area contributed by atoms with Crippen molar-refractivity contribution in [3.8, 4) is 0 Å². The smallest absolute Gasteiger partial charge is 0.269 e. The van der Waals surface area contributed by atoms with E-state index >= 15 is 0 Å². The number of aryl methyl sites for hydroxylation is 1. The molecule has 0 spiro atoms. The molecule has 154 valence electrons. The van der Waals surface area contributed by atoms with Gasteiger partial charge in [0.2, 0.25) is 5.91 Å². The molecule has 1 saturated carbocycles. The number of amides is 1. The summed E-state index contributed by atoms with van der Waals surface area (Å²) in [7, 11) is 0. The van der Waals surface area contributed by atoms with Gasteiger partial charge < -0.3 is 5.32 Å². The predicted octanol–water partition coefficient (Wildman–Crippen LogP) is 4.36. The maximum Gasteiger partial charge on any atom is 0.269 e. The quantitative estimate of drug-likeness (QED) is 0.408. The summed E-state index contributed by atoms with van der Waals surface area (Å²) in [5.41, 5.74) is 2.90. The second-order valence-corrected chi connectivity index (χ2v) is 8.38. The zero-order valence-electron chi connectivity index (χ0n) is 16.4. The van der Waals surface area contributed by atoms with Crippen molar-refractivity contribution in [1.29, 1.82) is 0 Å². The predicted molar refractivity (Wildman–Crippen MR) is 114 cm³/mol. The van der Waals surface area contributed by atoms with Crippen molar-refractivity contribution >= 4 is 22.9 Å². The lowest BCUT2D eigenvalue weighted by Gasteiger charge is -2.17. The number of nitro groups is 1. The Morgan fingerprint density at radius 3 is 2.57 bits per heavy atom. The number of non-ortho nitro benzene ring substituents is 1. The van der Waals surface area contributed by atoms with Crippen LogP contribution in [-0.4, -0.2) is 20.8 Å². The maximum atomic E-state index is 12.6. The van der Waals surface area contributed by atoms with Crippen LogP contribution in [0.3, 0.4) is 0 Å². The second-order valence-electron chi connectivity index (χ2n) is 7.49. The van der Waals surface area contributed by atoms with Gasteiger partial charge in [0.25, 0.3) is 5.69 Å². The summed E-state index contributed by atoms with van der Waals surface area (Å²) in [6.07, 6.45) is 7.35. The van der Waals surface area contributed by atoms with E-state index in [9.17, 15) is 14.9 Å². The Kier molecular flexibility index (Phi) is 6.13.